The van der Waals surface area contributed by atoms with Crippen LogP contribution < -0.4 is 10.1 Å². The van der Waals surface area contributed by atoms with Gasteiger partial charge in [0.05, 0.1) is 24.8 Å². The number of nitrogens with one attached hydrogen (secondary N) is 1. The third-order valence-corrected chi connectivity index (χ3v) is 5.43. The number of nitrogens with zero attached hydrogens (tertiary/aromatic N) is 2. The van der Waals surface area contributed by atoms with E-state index in [0.717, 1.165) is 30.6 Å². The Kier molecular flexibility index (Phi) is 5.15. The highest BCUT2D eigenvalue weighted by Gasteiger charge is 2.19. The molecular formula is C23H25N3O2. The highest BCUT2D eigenvalue weighted by Crippen LogP contribution is 2.26. The van der Waals surface area contributed by atoms with Crippen LogP contribution in [0.15, 0.2) is 55.0 Å². The van der Waals surface area contributed by atoms with Crippen LogP contribution in [0.5, 0.6) is 5.75 Å². The molecule has 28 heavy (non-hydrogen) atoms. The first-order valence-corrected chi connectivity index (χ1v) is 9.68. The molecule has 1 aliphatic carbocycles. The van der Waals surface area contributed by atoms with E-state index in [9.17, 15) is 4.79 Å². The molecule has 0 saturated heterocycles. The predicted molar refractivity (Wildman–Crippen MR) is 109 cm³/mol. The topological polar surface area (TPSA) is 56.1 Å². The van der Waals surface area contributed by atoms with Gasteiger partial charge in [0.1, 0.15) is 5.75 Å². The summed E-state index contributed by atoms with van der Waals surface area (Å²) in [5.41, 5.74) is 5.25. The molecule has 0 fully saturated rings. The van der Waals surface area contributed by atoms with E-state index in [1.807, 2.05) is 29.8 Å². The van der Waals surface area contributed by atoms with Gasteiger partial charge in [0.2, 0.25) is 0 Å². The zero-order chi connectivity index (χ0) is 19.5. The van der Waals surface area contributed by atoms with Gasteiger partial charge in [-0.05, 0) is 61.4 Å². The zero-order valence-corrected chi connectivity index (χ0v) is 16.3. The molecule has 0 aliphatic heterocycles. The minimum Gasteiger partial charge on any atom is -0.495 e. The second-order valence-electron chi connectivity index (χ2n) is 7.40. The molecule has 4 rings (SSSR count). The van der Waals surface area contributed by atoms with Crippen molar-refractivity contribution in [3.05, 3.63) is 77.4 Å². The van der Waals surface area contributed by atoms with Gasteiger partial charge in [0, 0.05) is 18.3 Å². The SMILES string of the molecule is COc1cc(C(=O)NCC2CCc3ccccc3C2)ccc1-n1cnc(C)c1. The van der Waals surface area contributed by atoms with Crippen LogP contribution in [0.2, 0.25) is 0 Å². The molecule has 1 aromatic heterocycles. The molecule has 2 aromatic carbocycles. The number of imidazole rings is 1. The van der Waals surface area contributed by atoms with Gasteiger partial charge >= 0.3 is 0 Å². The molecule has 0 radical (unpaired) electrons. The van der Waals surface area contributed by atoms with E-state index in [4.69, 9.17) is 4.74 Å². The lowest BCUT2D eigenvalue weighted by Crippen LogP contribution is -2.32. The largest absolute Gasteiger partial charge is 0.495 e. The number of amides is 1. The van der Waals surface area contributed by atoms with E-state index in [-0.39, 0.29) is 5.91 Å². The highest BCUT2D eigenvalue weighted by molar-refractivity contribution is 5.95. The Bertz CT molecular complexity index is 993. The molecule has 0 saturated carbocycles. The minimum atomic E-state index is -0.0643. The Hall–Kier alpha value is -3.08. The van der Waals surface area contributed by atoms with Gasteiger partial charge in [0.15, 0.2) is 0 Å². The number of carbonyl (C=O) groups excluding carboxylic acids is 1. The molecule has 1 atom stereocenters. The smallest absolute Gasteiger partial charge is 0.251 e. The fraction of sp³-hybridized carbons (Fsp3) is 0.304. The maximum absolute atomic E-state index is 12.7. The zero-order valence-electron chi connectivity index (χ0n) is 16.3. The third-order valence-electron chi connectivity index (χ3n) is 5.43. The number of hydrogen-bond acceptors (Lipinski definition) is 3. The first kappa shape index (κ1) is 18.3. The number of hydrogen-bond donors (Lipinski definition) is 1. The van der Waals surface area contributed by atoms with Crippen LogP contribution in [0.25, 0.3) is 5.69 Å². The van der Waals surface area contributed by atoms with Crippen LogP contribution in [-0.2, 0) is 12.8 Å². The molecule has 1 unspecified atom stereocenters. The molecule has 0 spiro atoms. The van der Waals surface area contributed by atoms with E-state index in [2.05, 4.69) is 34.6 Å². The van der Waals surface area contributed by atoms with Crippen molar-refractivity contribution in [2.45, 2.75) is 26.2 Å². The predicted octanol–water partition coefficient (Wildman–Crippen LogP) is 3.72. The number of aromatic nitrogens is 2. The molecular weight excluding hydrogens is 350 g/mol. The second-order valence-corrected chi connectivity index (χ2v) is 7.40. The number of carbonyl (C=O) groups is 1. The third kappa shape index (κ3) is 3.79. The monoisotopic (exact) mass is 375 g/mol. The summed E-state index contributed by atoms with van der Waals surface area (Å²) < 4.78 is 7.40. The number of aryl methyl sites for hydroxylation is 2. The first-order valence-electron chi connectivity index (χ1n) is 9.68. The van der Waals surface area contributed by atoms with Gasteiger partial charge in [-0.3, -0.25) is 4.79 Å². The summed E-state index contributed by atoms with van der Waals surface area (Å²) in [5.74, 6) is 1.07. The highest BCUT2D eigenvalue weighted by atomic mass is 16.5. The van der Waals surface area contributed by atoms with Crippen molar-refractivity contribution >= 4 is 5.91 Å². The molecule has 0 bridgehead atoms. The van der Waals surface area contributed by atoms with Crippen molar-refractivity contribution in [2.24, 2.45) is 5.92 Å². The van der Waals surface area contributed by atoms with Crippen molar-refractivity contribution in [3.8, 4) is 11.4 Å². The average molecular weight is 375 g/mol. The summed E-state index contributed by atoms with van der Waals surface area (Å²) in [6, 6.07) is 14.1. The minimum absolute atomic E-state index is 0.0643. The van der Waals surface area contributed by atoms with Crippen LogP contribution >= 0.6 is 0 Å². The van der Waals surface area contributed by atoms with Gasteiger partial charge in [-0.1, -0.05) is 24.3 Å². The fourth-order valence-electron chi connectivity index (χ4n) is 3.87. The fourth-order valence-corrected chi connectivity index (χ4v) is 3.87. The summed E-state index contributed by atoms with van der Waals surface area (Å²) in [6.45, 7) is 2.63. The Balaban J connectivity index is 1.42. The molecule has 1 heterocycles. The van der Waals surface area contributed by atoms with Gasteiger partial charge in [-0.25, -0.2) is 4.98 Å². The lowest BCUT2D eigenvalue weighted by atomic mass is 9.84. The molecule has 5 heteroatoms. The molecule has 3 aromatic rings. The molecule has 1 N–H and O–H groups in total. The number of rotatable bonds is 5. The maximum atomic E-state index is 12.7. The standard InChI is InChI=1S/C23H25N3O2/c1-16-14-26(15-25-16)21-10-9-20(12-22(21)28-2)23(27)24-13-17-7-8-18-5-3-4-6-19(18)11-17/h3-6,9-10,12,14-15,17H,7-8,11,13H2,1-2H3,(H,24,27). The second kappa shape index (κ2) is 7.89. The molecule has 144 valence electrons. The van der Waals surface area contributed by atoms with Gasteiger partial charge in [0.25, 0.3) is 5.91 Å². The lowest BCUT2D eigenvalue weighted by molar-refractivity contribution is 0.0945. The Labute approximate surface area is 165 Å². The van der Waals surface area contributed by atoms with E-state index < -0.39 is 0 Å². The van der Waals surface area contributed by atoms with Crippen molar-refractivity contribution in [2.75, 3.05) is 13.7 Å². The number of fused-ring (bicyclic) bond motifs is 1. The van der Waals surface area contributed by atoms with Crippen LogP contribution in [0, 0.1) is 12.8 Å². The van der Waals surface area contributed by atoms with Crippen LogP contribution in [0.4, 0.5) is 0 Å². The van der Waals surface area contributed by atoms with E-state index in [0.29, 0.717) is 23.8 Å². The van der Waals surface area contributed by atoms with Gasteiger partial charge in [-0.2, -0.15) is 0 Å². The Morgan fingerprint density at radius 3 is 2.82 bits per heavy atom. The summed E-state index contributed by atoms with van der Waals surface area (Å²) in [5, 5.41) is 3.10. The van der Waals surface area contributed by atoms with E-state index >= 15 is 0 Å². The summed E-state index contributed by atoms with van der Waals surface area (Å²) in [4.78, 5) is 16.9. The summed E-state index contributed by atoms with van der Waals surface area (Å²) >= 11 is 0. The Morgan fingerprint density at radius 2 is 2.07 bits per heavy atom. The number of ether oxygens (including phenoxy) is 1. The molecule has 5 nitrogen and oxygen atoms in total. The normalized spacial score (nSPS) is 15.7. The lowest BCUT2D eigenvalue weighted by Gasteiger charge is -2.24. The number of methoxy groups -OCH3 is 1. The van der Waals surface area contributed by atoms with Gasteiger partial charge < -0.3 is 14.6 Å². The van der Waals surface area contributed by atoms with Crippen LogP contribution in [-0.4, -0.2) is 29.1 Å². The summed E-state index contributed by atoms with van der Waals surface area (Å²) in [7, 11) is 1.61. The van der Waals surface area contributed by atoms with E-state index in [1.165, 1.54) is 11.1 Å². The van der Waals surface area contributed by atoms with Crippen molar-refractivity contribution in [1.29, 1.82) is 0 Å². The van der Waals surface area contributed by atoms with Crippen molar-refractivity contribution in [3.63, 3.8) is 0 Å². The van der Waals surface area contributed by atoms with Crippen LogP contribution in [0.3, 0.4) is 0 Å². The van der Waals surface area contributed by atoms with E-state index in [1.54, 1.807) is 19.5 Å². The average Bonchev–Trinajstić information content (AvgIpc) is 3.17. The maximum Gasteiger partial charge on any atom is 0.251 e. The molecule has 1 aliphatic rings. The quantitative estimate of drug-likeness (QED) is 0.739. The molecule has 1 amide bonds. The van der Waals surface area contributed by atoms with Gasteiger partial charge in [-0.15, -0.1) is 0 Å². The first-order chi connectivity index (χ1) is 13.6. The van der Waals surface area contributed by atoms with Crippen molar-refractivity contribution < 1.29 is 9.53 Å². The van der Waals surface area contributed by atoms with Crippen molar-refractivity contribution in [1.82, 2.24) is 14.9 Å². The summed E-state index contributed by atoms with van der Waals surface area (Å²) in [6.07, 6.45) is 6.90. The Morgan fingerprint density at radius 1 is 1.25 bits per heavy atom. The van der Waals surface area contributed by atoms with Crippen LogP contribution in [0.1, 0.15) is 33.6 Å². The number of benzene rings is 2.